The molecule has 2 N–H and O–H groups in total. The Kier molecular flexibility index (Phi) is 2.11. The molecule has 1 aromatic carbocycles. The van der Waals surface area contributed by atoms with Gasteiger partial charge in [-0.3, -0.25) is 0 Å². The summed E-state index contributed by atoms with van der Waals surface area (Å²) in [6.07, 6.45) is 5.50. The van der Waals surface area contributed by atoms with Gasteiger partial charge < -0.3 is 10.3 Å². The third kappa shape index (κ3) is 1.31. The SMILES string of the molecule is C=C/C=C\n1c(N)cc2ccccc21. The lowest BCUT2D eigenvalue weighted by Gasteiger charge is -1.99. The fourth-order valence-electron chi connectivity index (χ4n) is 1.51. The van der Waals surface area contributed by atoms with E-state index in [1.54, 1.807) is 6.08 Å². The van der Waals surface area contributed by atoms with Crippen molar-refractivity contribution in [2.24, 2.45) is 0 Å². The van der Waals surface area contributed by atoms with Gasteiger partial charge in [0.2, 0.25) is 0 Å². The number of benzene rings is 1. The molecule has 0 saturated heterocycles. The highest BCUT2D eigenvalue weighted by Crippen LogP contribution is 2.21. The molecule has 2 nitrogen and oxygen atoms in total. The first kappa shape index (κ1) is 8.63. The molecule has 0 aliphatic carbocycles. The van der Waals surface area contributed by atoms with Crippen LogP contribution in [0, 0.1) is 0 Å². The molecule has 0 radical (unpaired) electrons. The number of fused-ring (bicyclic) bond motifs is 1. The third-order valence-corrected chi connectivity index (χ3v) is 2.15. The van der Waals surface area contributed by atoms with Gasteiger partial charge in [-0.25, -0.2) is 0 Å². The number of aromatic nitrogens is 1. The number of nitrogens with two attached hydrogens (primary N) is 1. The summed E-state index contributed by atoms with van der Waals surface area (Å²) in [7, 11) is 0. The molecule has 2 rings (SSSR count). The molecule has 14 heavy (non-hydrogen) atoms. The minimum absolute atomic E-state index is 0.740. The Bertz CT molecular complexity index is 492. The Labute approximate surface area is 83.0 Å². The molecule has 0 bridgehead atoms. The van der Waals surface area contributed by atoms with Crippen molar-refractivity contribution < 1.29 is 0 Å². The van der Waals surface area contributed by atoms with E-state index in [1.807, 2.05) is 47.2 Å². The number of hydrogen-bond acceptors (Lipinski definition) is 1. The first-order valence-electron chi connectivity index (χ1n) is 4.47. The topological polar surface area (TPSA) is 30.9 Å². The van der Waals surface area contributed by atoms with Gasteiger partial charge in [-0.1, -0.05) is 30.9 Å². The predicted octanol–water partition coefficient (Wildman–Crippen LogP) is 2.88. The van der Waals surface area contributed by atoms with Gasteiger partial charge in [0.15, 0.2) is 0 Å². The highest BCUT2D eigenvalue weighted by atomic mass is 15.0. The number of nitrogen functional groups attached to an aromatic ring is 1. The second-order valence-corrected chi connectivity index (χ2v) is 3.08. The lowest BCUT2D eigenvalue weighted by molar-refractivity contribution is 1.24. The van der Waals surface area contributed by atoms with Crippen molar-refractivity contribution in [1.82, 2.24) is 4.57 Å². The normalized spacial score (nSPS) is 11.1. The quantitative estimate of drug-likeness (QED) is 0.715. The summed E-state index contributed by atoms with van der Waals surface area (Å²) in [4.78, 5) is 0. The molecule has 1 aromatic heterocycles. The van der Waals surface area contributed by atoms with Crippen molar-refractivity contribution in [3.8, 4) is 0 Å². The molecule has 0 atom stereocenters. The van der Waals surface area contributed by atoms with Crippen LogP contribution in [0.25, 0.3) is 17.1 Å². The Hall–Kier alpha value is -1.96. The Balaban J connectivity index is 2.67. The van der Waals surface area contributed by atoms with E-state index in [4.69, 9.17) is 5.73 Å². The summed E-state index contributed by atoms with van der Waals surface area (Å²) in [6.45, 7) is 3.63. The molecule has 0 unspecified atom stereocenters. The lowest BCUT2D eigenvalue weighted by Crippen LogP contribution is -1.93. The van der Waals surface area contributed by atoms with E-state index in [1.165, 1.54) is 0 Å². The fraction of sp³-hybridized carbons (Fsp3) is 0. The minimum Gasteiger partial charge on any atom is -0.385 e. The first-order chi connectivity index (χ1) is 6.83. The van der Waals surface area contributed by atoms with Crippen molar-refractivity contribution in [2.45, 2.75) is 0 Å². The van der Waals surface area contributed by atoms with Crippen molar-refractivity contribution in [3.63, 3.8) is 0 Å². The molecule has 70 valence electrons. The van der Waals surface area contributed by atoms with E-state index in [2.05, 4.69) is 6.58 Å². The largest absolute Gasteiger partial charge is 0.385 e. The number of hydrogen-bond donors (Lipinski definition) is 1. The standard InChI is InChI=1S/C12H12N2/c1-2-3-8-14-11-7-5-4-6-10(11)9-12(14)13/h2-9H,1,13H2/b8-3-. The van der Waals surface area contributed by atoms with E-state index in [0.29, 0.717) is 0 Å². The molecule has 0 fully saturated rings. The van der Waals surface area contributed by atoms with Gasteiger partial charge in [0.1, 0.15) is 5.82 Å². The molecule has 0 amide bonds. The number of nitrogens with zero attached hydrogens (tertiary/aromatic N) is 1. The van der Waals surface area contributed by atoms with Gasteiger partial charge in [-0.2, -0.15) is 0 Å². The Morgan fingerprint density at radius 3 is 2.86 bits per heavy atom. The van der Waals surface area contributed by atoms with Crippen LogP contribution in [0.15, 0.2) is 49.1 Å². The molecule has 0 spiro atoms. The molecular formula is C12H12N2. The van der Waals surface area contributed by atoms with Crippen LogP contribution in [0.4, 0.5) is 5.82 Å². The van der Waals surface area contributed by atoms with Gasteiger partial charge >= 0.3 is 0 Å². The van der Waals surface area contributed by atoms with Crippen molar-refractivity contribution in [2.75, 3.05) is 5.73 Å². The Morgan fingerprint density at radius 2 is 2.07 bits per heavy atom. The predicted molar refractivity (Wildman–Crippen MR) is 61.9 cm³/mol. The van der Waals surface area contributed by atoms with Crippen molar-refractivity contribution in [3.05, 3.63) is 49.1 Å². The first-order valence-corrected chi connectivity index (χ1v) is 4.47. The van der Waals surface area contributed by atoms with E-state index < -0.39 is 0 Å². The summed E-state index contributed by atoms with van der Waals surface area (Å²) >= 11 is 0. The smallest absolute Gasteiger partial charge is 0.108 e. The number of anilines is 1. The summed E-state index contributed by atoms with van der Waals surface area (Å²) in [6, 6.07) is 10.1. The third-order valence-electron chi connectivity index (χ3n) is 2.15. The fourth-order valence-corrected chi connectivity index (χ4v) is 1.51. The molecule has 1 heterocycles. The summed E-state index contributed by atoms with van der Waals surface area (Å²) in [5.74, 6) is 0.740. The zero-order chi connectivity index (χ0) is 9.97. The second-order valence-electron chi connectivity index (χ2n) is 3.08. The van der Waals surface area contributed by atoms with Gasteiger partial charge in [0.25, 0.3) is 0 Å². The van der Waals surface area contributed by atoms with Crippen LogP contribution < -0.4 is 5.73 Å². The van der Waals surface area contributed by atoms with E-state index in [9.17, 15) is 0 Å². The molecule has 0 aliphatic heterocycles. The zero-order valence-electron chi connectivity index (χ0n) is 7.85. The molecule has 0 saturated carbocycles. The summed E-state index contributed by atoms with van der Waals surface area (Å²) in [5, 5.41) is 1.15. The van der Waals surface area contributed by atoms with Crippen LogP contribution >= 0.6 is 0 Å². The second kappa shape index (κ2) is 3.42. The van der Waals surface area contributed by atoms with E-state index >= 15 is 0 Å². The molecule has 2 heteroatoms. The maximum absolute atomic E-state index is 5.87. The van der Waals surface area contributed by atoms with Crippen LogP contribution in [0.1, 0.15) is 0 Å². The maximum atomic E-state index is 5.87. The van der Waals surface area contributed by atoms with Crippen LogP contribution in [-0.4, -0.2) is 4.57 Å². The minimum atomic E-state index is 0.740. The Morgan fingerprint density at radius 1 is 1.29 bits per heavy atom. The van der Waals surface area contributed by atoms with Crippen LogP contribution in [0.2, 0.25) is 0 Å². The monoisotopic (exact) mass is 184 g/mol. The van der Waals surface area contributed by atoms with E-state index in [-0.39, 0.29) is 0 Å². The van der Waals surface area contributed by atoms with Gasteiger partial charge in [-0.15, -0.1) is 0 Å². The number of rotatable bonds is 2. The van der Waals surface area contributed by atoms with Crippen molar-refractivity contribution >= 4 is 22.9 Å². The van der Waals surface area contributed by atoms with Crippen LogP contribution in [-0.2, 0) is 0 Å². The van der Waals surface area contributed by atoms with Crippen molar-refractivity contribution in [1.29, 1.82) is 0 Å². The maximum Gasteiger partial charge on any atom is 0.108 e. The van der Waals surface area contributed by atoms with Gasteiger partial charge in [0, 0.05) is 11.6 Å². The molecule has 2 aromatic rings. The summed E-state index contributed by atoms with van der Waals surface area (Å²) in [5.41, 5.74) is 6.99. The van der Waals surface area contributed by atoms with E-state index in [0.717, 1.165) is 16.7 Å². The molecule has 0 aliphatic rings. The molecular weight excluding hydrogens is 172 g/mol. The number of allylic oxidation sites excluding steroid dienone is 2. The lowest BCUT2D eigenvalue weighted by atomic mass is 10.2. The van der Waals surface area contributed by atoms with Gasteiger partial charge in [-0.05, 0) is 18.2 Å². The summed E-state index contributed by atoms with van der Waals surface area (Å²) < 4.78 is 1.94. The highest BCUT2D eigenvalue weighted by molar-refractivity contribution is 5.86. The average Bonchev–Trinajstić information content (AvgIpc) is 2.51. The van der Waals surface area contributed by atoms with Gasteiger partial charge in [0.05, 0.1) is 5.52 Å². The zero-order valence-corrected chi connectivity index (χ0v) is 7.85. The average molecular weight is 184 g/mol. The van der Waals surface area contributed by atoms with Crippen LogP contribution in [0.5, 0.6) is 0 Å². The van der Waals surface area contributed by atoms with Crippen LogP contribution in [0.3, 0.4) is 0 Å². The number of para-hydroxylation sites is 1. The highest BCUT2D eigenvalue weighted by Gasteiger charge is 2.01.